The number of nitrogens with zero attached hydrogens (tertiary/aromatic N) is 3. The molecule has 2 aromatic heterocycles. The van der Waals surface area contributed by atoms with Gasteiger partial charge in [0.15, 0.2) is 0 Å². The van der Waals surface area contributed by atoms with Crippen LogP contribution in [-0.4, -0.2) is 47.5 Å². The van der Waals surface area contributed by atoms with Crippen LogP contribution in [0.25, 0.3) is 10.4 Å². The maximum absolute atomic E-state index is 12.9. The first kappa shape index (κ1) is 15.3. The molecule has 2 aliphatic heterocycles. The number of carbonyl (C=O) groups is 2. The Balaban J connectivity index is 1.59. The third kappa shape index (κ3) is 2.58. The number of aryl methyl sites for hydroxylation is 1. The molecule has 1 saturated heterocycles. The molecule has 0 N–H and O–H groups in total. The van der Waals surface area contributed by atoms with Crippen LogP contribution in [0.3, 0.4) is 0 Å². The standard InChI is InChI=1S/C17H16FN3O2S/c1-10-2-3-15(24-10)11-4-14-13(19-6-11)5-16(22)21(14)9-17(23)20-7-12(18)8-20/h2-4,6,12H,5,7-9H2,1H3. The minimum Gasteiger partial charge on any atom is -0.335 e. The molecular weight excluding hydrogens is 329 g/mol. The molecule has 0 atom stereocenters. The van der Waals surface area contributed by atoms with E-state index in [1.807, 2.05) is 25.1 Å². The number of amides is 2. The van der Waals surface area contributed by atoms with E-state index in [0.717, 1.165) is 10.4 Å². The lowest BCUT2D eigenvalue weighted by atomic mass is 10.2. The largest absolute Gasteiger partial charge is 0.335 e. The third-order valence-electron chi connectivity index (χ3n) is 4.37. The van der Waals surface area contributed by atoms with E-state index in [1.165, 1.54) is 14.7 Å². The van der Waals surface area contributed by atoms with Crippen molar-refractivity contribution >= 4 is 28.8 Å². The quantitative estimate of drug-likeness (QED) is 0.857. The number of hydrogen-bond donors (Lipinski definition) is 0. The summed E-state index contributed by atoms with van der Waals surface area (Å²) in [6.45, 7) is 2.24. The second-order valence-corrected chi connectivity index (χ2v) is 7.44. The SMILES string of the molecule is Cc1ccc(-c2cnc3c(c2)N(CC(=O)N2CC(F)C2)C(=O)C3)s1. The average molecular weight is 345 g/mol. The second-order valence-electron chi connectivity index (χ2n) is 6.15. The Morgan fingerprint density at radius 1 is 1.42 bits per heavy atom. The van der Waals surface area contributed by atoms with Crippen molar-refractivity contribution in [2.75, 3.05) is 24.5 Å². The van der Waals surface area contributed by atoms with Crippen molar-refractivity contribution in [3.8, 4) is 10.4 Å². The lowest BCUT2D eigenvalue weighted by molar-refractivity contribution is -0.137. The number of anilines is 1. The van der Waals surface area contributed by atoms with Crippen LogP contribution in [-0.2, 0) is 16.0 Å². The van der Waals surface area contributed by atoms with Crippen LogP contribution in [0.15, 0.2) is 24.4 Å². The van der Waals surface area contributed by atoms with E-state index in [4.69, 9.17) is 0 Å². The summed E-state index contributed by atoms with van der Waals surface area (Å²) in [5.74, 6) is -0.356. The normalized spacial score (nSPS) is 17.2. The highest BCUT2D eigenvalue weighted by atomic mass is 32.1. The van der Waals surface area contributed by atoms with Gasteiger partial charge in [-0.2, -0.15) is 0 Å². The van der Waals surface area contributed by atoms with Gasteiger partial charge in [0, 0.05) is 21.5 Å². The molecule has 124 valence electrons. The topological polar surface area (TPSA) is 53.5 Å². The van der Waals surface area contributed by atoms with E-state index in [2.05, 4.69) is 4.98 Å². The molecule has 0 unspecified atom stereocenters. The van der Waals surface area contributed by atoms with Crippen LogP contribution in [0.4, 0.5) is 10.1 Å². The highest BCUT2D eigenvalue weighted by Gasteiger charge is 2.35. The molecule has 2 aromatic rings. The van der Waals surface area contributed by atoms with Gasteiger partial charge < -0.3 is 9.80 Å². The summed E-state index contributed by atoms with van der Waals surface area (Å²) in [4.78, 5) is 34.0. The maximum Gasteiger partial charge on any atom is 0.242 e. The van der Waals surface area contributed by atoms with Crippen molar-refractivity contribution in [3.63, 3.8) is 0 Å². The molecule has 4 rings (SSSR count). The number of rotatable bonds is 3. The first-order valence-corrected chi connectivity index (χ1v) is 8.61. The zero-order valence-electron chi connectivity index (χ0n) is 13.2. The summed E-state index contributed by atoms with van der Waals surface area (Å²) in [7, 11) is 0. The molecule has 0 aromatic carbocycles. The smallest absolute Gasteiger partial charge is 0.242 e. The number of likely N-dealkylation sites (tertiary alicyclic amines) is 1. The van der Waals surface area contributed by atoms with Gasteiger partial charge in [-0.15, -0.1) is 11.3 Å². The number of thiophene rings is 1. The average Bonchev–Trinajstić information content (AvgIpc) is 3.08. The summed E-state index contributed by atoms with van der Waals surface area (Å²) >= 11 is 1.66. The first-order chi connectivity index (χ1) is 11.5. The van der Waals surface area contributed by atoms with Crippen molar-refractivity contribution < 1.29 is 14.0 Å². The lowest BCUT2D eigenvalue weighted by Gasteiger charge is -2.35. The minimum absolute atomic E-state index is 0.0485. The lowest BCUT2D eigenvalue weighted by Crippen LogP contribution is -2.54. The predicted molar refractivity (Wildman–Crippen MR) is 89.8 cm³/mol. The molecule has 0 radical (unpaired) electrons. The Kier molecular flexibility index (Phi) is 3.60. The van der Waals surface area contributed by atoms with Gasteiger partial charge in [-0.1, -0.05) is 0 Å². The van der Waals surface area contributed by atoms with Crippen molar-refractivity contribution in [1.82, 2.24) is 9.88 Å². The molecule has 7 heteroatoms. The number of carbonyl (C=O) groups excluding carboxylic acids is 2. The highest BCUT2D eigenvalue weighted by molar-refractivity contribution is 7.15. The van der Waals surface area contributed by atoms with Crippen LogP contribution in [0.5, 0.6) is 0 Å². The van der Waals surface area contributed by atoms with Gasteiger partial charge in [-0.3, -0.25) is 14.6 Å². The van der Waals surface area contributed by atoms with Crippen LogP contribution in [0.1, 0.15) is 10.6 Å². The van der Waals surface area contributed by atoms with Crippen molar-refractivity contribution in [3.05, 3.63) is 35.0 Å². The van der Waals surface area contributed by atoms with E-state index in [0.29, 0.717) is 11.4 Å². The maximum atomic E-state index is 12.9. The first-order valence-electron chi connectivity index (χ1n) is 7.79. The zero-order valence-corrected chi connectivity index (χ0v) is 14.0. The summed E-state index contributed by atoms with van der Waals surface area (Å²) < 4.78 is 12.9. The van der Waals surface area contributed by atoms with E-state index in [9.17, 15) is 14.0 Å². The van der Waals surface area contributed by atoms with Crippen LogP contribution in [0, 0.1) is 6.92 Å². The predicted octanol–water partition coefficient (Wildman–Crippen LogP) is 2.19. The Labute approximate surface area is 142 Å². The molecular formula is C17H16FN3O2S. The van der Waals surface area contributed by atoms with E-state index >= 15 is 0 Å². The molecule has 4 heterocycles. The van der Waals surface area contributed by atoms with Gasteiger partial charge >= 0.3 is 0 Å². The Bertz CT molecular complexity index is 829. The Morgan fingerprint density at radius 2 is 2.21 bits per heavy atom. The monoisotopic (exact) mass is 345 g/mol. The highest BCUT2D eigenvalue weighted by Crippen LogP contribution is 2.34. The number of halogens is 1. The van der Waals surface area contributed by atoms with Gasteiger partial charge in [-0.25, -0.2) is 4.39 Å². The molecule has 1 fully saturated rings. The van der Waals surface area contributed by atoms with Crippen molar-refractivity contribution in [2.24, 2.45) is 0 Å². The number of pyridine rings is 1. The Hall–Kier alpha value is -2.28. The fraction of sp³-hybridized carbons (Fsp3) is 0.353. The van der Waals surface area contributed by atoms with Crippen LogP contribution >= 0.6 is 11.3 Å². The molecule has 5 nitrogen and oxygen atoms in total. The summed E-state index contributed by atoms with van der Waals surface area (Å²) in [6, 6.07) is 5.98. The molecule has 0 bridgehead atoms. The fourth-order valence-electron chi connectivity index (χ4n) is 2.99. The summed E-state index contributed by atoms with van der Waals surface area (Å²) in [6.07, 6.45) is 1.04. The minimum atomic E-state index is -0.939. The van der Waals surface area contributed by atoms with E-state index in [-0.39, 0.29) is 37.9 Å². The van der Waals surface area contributed by atoms with Gasteiger partial charge in [-0.05, 0) is 25.1 Å². The van der Waals surface area contributed by atoms with Crippen LogP contribution in [0.2, 0.25) is 0 Å². The van der Waals surface area contributed by atoms with Gasteiger partial charge in [0.1, 0.15) is 12.7 Å². The van der Waals surface area contributed by atoms with E-state index < -0.39 is 6.17 Å². The van der Waals surface area contributed by atoms with Crippen molar-refractivity contribution in [1.29, 1.82) is 0 Å². The van der Waals surface area contributed by atoms with Crippen LogP contribution < -0.4 is 4.90 Å². The fourth-order valence-corrected chi connectivity index (χ4v) is 3.83. The molecule has 0 aliphatic carbocycles. The molecule has 2 aliphatic rings. The van der Waals surface area contributed by atoms with Crippen molar-refractivity contribution in [2.45, 2.75) is 19.5 Å². The number of alkyl halides is 1. The Morgan fingerprint density at radius 3 is 2.88 bits per heavy atom. The molecule has 2 amide bonds. The second kappa shape index (κ2) is 5.66. The van der Waals surface area contributed by atoms with Gasteiger partial charge in [0.2, 0.25) is 11.8 Å². The van der Waals surface area contributed by atoms with Gasteiger partial charge in [0.25, 0.3) is 0 Å². The third-order valence-corrected chi connectivity index (χ3v) is 5.42. The summed E-state index contributed by atoms with van der Waals surface area (Å²) in [5, 5.41) is 0. The zero-order chi connectivity index (χ0) is 16.8. The number of aromatic nitrogens is 1. The van der Waals surface area contributed by atoms with Gasteiger partial charge in [0.05, 0.1) is 30.9 Å². The molecule has 0 spiro atoms. The molecule has 24 heavy (non-hydrogen) atoms. The number of hydrogen-bond acceptors (Lipinski definition) is 4. The van der Waals surface area contributed by atoms with E-state index in [1.54, 1.807) is 17.5 Å². The summed E-state index contributed by atoms with van der Waals surface area (Å²) in [5.41, 5.74) is 2.32. The molecule has 0 saturated carbocycles. The number of fused-ring (bicyclic) bond motifs is 1.